The second-order valence-corrected chi connectivity index (χ2v) is 4.86. The number of halogens is 1. The maximum Gasteiger partial charge on any atom is 0.0526 e. The third-order valence-corrected chi connectivity index (χ3v) is 2.85. The number of benzene rings is 1. The molecule has 3 atom stereocenters. The summed E-state index contributed by atoms with van der Waals surface area (Å²) in [6.45, 7) is 6.01. The molecule has 1 rings (SSSR count). The van der Waals surface area contributed by atoms with Gasteiger partial charge in [0, 0.05) is 17.1 Å². The van der Waals surface area contributed by atoms with Gasteiger partial charge in [0.1, 0.15) is 0 Å². The van der Waals surface area contributed by atoms with Crippen molar-refractivity contribution in [2.24, 2.45) is 0 Å². The minimum atomic E-state index is -0.264. The highest BCUT2D eigenvalue weighted by Gasteiger charge is 2.10. The molecule has 0 aromatic heterocycles. The molecule has 0 fully saturated rings. The van der Waals surface area contributed by atoms with Crippen LogP contribution >= 0.6 is 11.6 Å². The molecular formula is C13H20ClNO. The highest BCUT2D eigenvalue weighted by Crippen LogP contribution is 2.17. The van der Waals surface area contributed by atoms with Crippen molar-refractivity contribution >= 4 is 11.6 Å². The number of nitrogens with one attached hydrogen (secondary N) is 1. The summed E-state index contributed by atoms with van der Waals surface area (Å²) in [4.78, 5) is 0. The SMILES string of the molecule is CC(O)CC(C)NC(C)c1ccc(Cl)cc1. The molecule has 0 bridgehead atoms. The molecule has 0 radical (unpaired) electrons. The minimum Gasteiger partial charge on any atom is -0.393 e. The first-order valence-electron chi connectivity index (χ1n) is 5.68. The Morgan fingerprint density at radius 3 is 2.25 bits per heavy atom. The molecular weight excluding hydrogens is 222 g/mol. The summed E-state index contributed by atoms with van der Waals surface area (Å²) in [7, 11) is 0. The standard InChI is InChI=1S/C13H20ClNO/c1-9(8-10(2)16)15-11(3)12-4-6-13(14)7-5-12/h4-7,9-11,15-16H,8H2,1-3H3. The van der Waals surface area contributed by atoms with Gasteiger partial charge in [-0.2, -0.15) is 0 Å². The lowest BCUT2D eigenvalue weighted by Crippen LogP contribution is -2.31. The summed E-state index contributed by atoms with van der Waals surface area (Å²) in [6.07, 6.45) is 0.498. The maximum absolute atomic E-state index is 9.29. The van der Waals surface area contributed by atoms with Gasteiger partial charge in [0.15, 0.2) is 0 Å². The van der Waals surface area contributed by atoms with Crippen molar-refractivity contribution in [3.8, 4) is 0 Å². The number of aliphatic hydroxyl groups is 1. The Morgan fingerprint density at radius 2 is 1.75 bits per heavy atom. The van der Waals surface area contributed by atoms with Gasteiger partial charge < -0.3 is 10.4 Å². The lowest BCUT2D eigenvalue weighted by Gasteiger charge is -2.21. The third-order valence-electron chi connectivity index (χ3n) is 2.60. The lowest BCUT2D eigenvalue weighted by molar-refractivity contribution is 0.168. The zero-order valence-electron chi connectivity index (χ0n) is 10.1. The molecule has 0 aliphatic rings. The molecule has 0 saturated carbocycles. The van der Waals surface area contributed by atoms with E-state index in [4.69, 9.17) is 11.6 Å². The van der Waals surface area contributed by atoms with Gasteiger partial charge in [0.25, 0.3) is 0 Å². The Bertz CT molecular complexity index is 310. The smallest absolute Gasteiger partial charge is 0.0526 e. The zero-order chi connectivity index (χ0) is 12.1. The van der Waals surface area contributed by atoms with Gasteiger partial charge in [-0.1, -0.05) is 23.7 Å². The first kappa shape index (κ1) is 13.5. The van der Waals surface area contributed by atoms with Gasteiger partial charge in [-0.15, -0.1) is 0 Å². The van der Waals surface area contributed by atoms with Gasteiger partial charge in [0.05, 0.1) is 6.10 Å². The fraction of sp³-hybridized carbons (Fsp3) is 0.538. The van der Waals surface area contributed by atoms with E-state index >= 15 is 0 Å². The molecule has 1 aromatic rings. The molecule has 0 aliphatic heterocycles. The summed E-state index contributed by atoms with van der Waals surface area (Å²) in [6, 6.07) is 8.41. The van der Waals surface area contributed by atoms with E-state index in [9.17, 15) is 5.11 Å². The van der Waals surface area contributed by atoms with Crippen LogP contribution in [0.2, 0.25) is 5.02 Å². The van der Waals surface area contributed by atoms with Crippen molar-refractivity contribution in [2.45, 2.75) is 45.4 Å². The first-order valence-corrected chi connectivity index (χ1v) is 6.06. The quantitative estimate of drug-likeness (QED) is 0.830. The van der Waals surface area contributed by atoms with E-state index in [-0.39, 0.29) is 12.1 Å². The molecule has 2 N–H and O–H groups in total. The van der Waals surface area contributed by atoms with Gasteiger partial charge in [-0.3, -0.25) is 0 Å². The molecule has 0 heterocycles. The van der Waals surface area contributed by atoms with Crippen LogP contribution in [0.4, 0.5) is 0 Å². The summed E-state index contributed by atoms with van der Waals surface area (Å²) in [5, 5.41) is 13.5. The highest BCUT2D eigenvalue weighted by atomic mass is 35.5. The fourth-order valence-electron chi connectivity index (χ4n) is 1.85. The number of hydrogen-bond acceptors (Lipinski definition) is 2. The van der Waals surface area contributed by atoms with Crippen LogP contribution in [-0.2, 0) is 0 Å². The molecule has 0 saturated heterocycles. The van der Waals surface area contributed by atoms with E-state index in [2.05, 4.69) is 19.2 Å². The molecule has 0 spiro atoms. The number of rotatable bonds is 5. The van der Waals surface area contributed by atoms with Gasteiger partial charge in [-0.05, 0) is 44.9 Å². The molecule has 3 unspecified atom stereocenters. The Hall–Kier alpha value is -0.570. The average molecular weight is 242 g/mol. The van der Waals surface area contributed by atoms with Gasteiger partial charge in [-0.25, -0.2) is 0 Å². The van der Waals surface area contributed by atoms with Crippen molar-refractivity contribution in [3.05, 3.63) is 34.9 Å². The second kappa shape index (κ2) is 6.24. The van der Waals surface area contributed by atoms with E-state index in [1.807, 2.05) is 31.2 Å². The lowest BCUT2D eigenvalue weighted by atomic mass is 10.1. The van der Waals surface area contributed by atoms with E-state index in [0.717, 1.165) is 11.4 Å². The van der Waals surface area contributed by atoms with Crippen molar-refractivity contribution in [1.82, 2.24) is 5.32 Å². The van der Waals surface area contributed by atoms with Crippen LogP contribution < -0.4 is 5.32 Å². The van der Waals surface area contributed by atoms with Crippen LogP contribution in [0, 0.1) is 0 Å². The Morgan fingerprint density at radius 1 is 1.19 bits per heavy atom. The highest BCUT2D eigenvalue weighted by molar-refractivity contribution is 6.30. The van der Waals surface area contributed by atoms with Crippen LogP contribution in [0.25, 0.3) is 0 Å². The molecule has 0 aliphatic carbocycles. The number of hydrogen-bond donors (Lipinski definition) is 2. The van der Waals surface area contributed by atoms with Crippen LogP contribution in [0.15, 0.2) is 24.3 Å². The minimum absolute atomic E-state index is 0.264. The summed E-state index contributed by atoms with van der Waals surface area (Å²) in [5.41, 5.74) is 1.21. The monoisotopic (exact) mass is 241 g/mol. The van der Waals surface area contributed by atoms with Crippen molar-refractivity contribution in [3.63, 3.8) is 0 Å². The average Bonchev–Trinajstić information content (AvgIpc) is 2.16. The fourth-order valence-corrected chi connectivity index (χ4v) is 1.98. The van der Waals surface area contributed by atoms with Crippen molar-refractivity contribution < 1.29 is 5.11 Å². The van der Waals surface area contributed by atoms with E-state index in [1.165, 1.54) is 5.56 Å². The van der Waals surface area contributed by atoms with Gasteiger partial charge in [0.2, 0.25) is 0 Å². The molecule has 16 heavy (non-hydrogen) atoms. The van der Waals surface area contributed by atoms with E-state index in [0.29, 0.717) is 6.04 Å². The van der Waals surface area contributed by atoms with Crippen molar-refractivity contribution in [2.75, 3.05) is 0 Å². The molecule has 1 aromatic carbocycles. The number of aliphatic hydroxyl groups excluding tert-OH is 1. The zero-order valence-corrected chi connectivity index (χ0v) is 10.8. The molecule has 3 heteroatoms. The second-order valence-electron chi connectivity index (χ2n) is 4.43. The van der Waals surface area contributed by atoms with Crippen molar-refractivity contribution in [1.29, 1.82) is 0 Å². The predicted molar refractivity (Wildman–Crippen MR) is 68.8 cm³/mol. The normalized spacial score (nSPS) is 16.8. The Kier molecular flexibility index (Phi) is 5.26. The van der Waals surface area contributed by atoms with E-state index < -0.39 is 0 Å². The first-order chi connectivity index (χ1) is 7.49. The summed E-state index contributed by atoms with van der Waals surface area (Å²) < 4.78 is 0. The Balaban J connectivity index is 2.51. The molecule has 90 valence electrons. The summed E-state index contributed by atoms with van der Waals surface area (Å²) >= 11 is 5.84. The van der Waals surface area contributed by atoms with Crippen LogP contribution in [0.5, 0.6) is 0 Å². The topological polar surface area (TPSA) is 32.3 Å². The third kappa shape index (κ3) is 4.52. The van der Waals surface area contributed by atoms with Crippen LogP contribution in [-0.4, -0.2) is 17.3 Å². The summed E-state index contributed by atoms with van der Waals surface area (Å²) in [5.74, 6) is 0. The van der Waals surface area contributed by atoms with Crippen LogP contribution in [0.3, 0.4) is 0 Å². The largest absolute Gasteiger partial charge is 0.393 e. The molecule has 2 nitrogen and oxygen atoms in total. The molecule has 0 amide bonds. The predicted octanol–water partition coefficient (Wildman–Crippen LogP) is 3.15. The van der Waals surface area contributed by atoms with Crippen LogP contribution in [0.1, 0.15) is 38.8 Å². The Labute approximate surface area is 103 Å². The van der Waals surface area contributed by atoms with E-state index in [1.54, 1.807) is 0 Å². The van der Waals surface area contributed by atoms with Gasteiger partial charge >= 0.3 is 0 Å². The maximum atomic E-state index is 9.29.